The third kappa shape index (κ3) is 8.45. The average molecular weight is 968 g/mol. The zero-order chi connectivity index (χ0) is 49.5. The SMILES string of the molecule is COc1ncc(N2CCC[C@@H](N3CCn4c(cc5c4CC(C)(C)C5)C3=O)[C@@H]2C(C)O)cc1Nc1ccc(N2CCN(C3CCN(c4ccc5c(c4)C(=O)N(C4CCC(=O)NC4=O)C5=O)CC3)C[C@@H]2C)cn1. The molecule has 0 saturated carbocycles. The molecule has 4 saturated heterocycles. The zero-order valence-corrected chi connectivity index (χ0v) is 41.4. The van der Waals surface area contributed by atoms with E-state index in [4.69, 9.17) is 14.7 Å². The Kier molecular flexibility index (Phi) is 12.0. The molecule has 11 rings (SSSR count). The van der Waals surface area contributed by atoms with Crippen molar-refractivity contribution in [3.63, 3.8) is 0 Å². The second-order valence-corrected chi connectivity index (χ2v) is 21.5. The van der Waals surface area contributed by atoms with Gasteiger partial charge >= 0.3 is 0 Å². The Morgan fingerprint density at radius 1 is 0.789 bits per heavy atom. The topological polar surface area (TPSA) is 189 Å². The molecule has 71 heavy (non-hydrogen) atoms. The van der Waals surface area contributed by atoms with E-state index < -0.39 is 35.8 Å². The van der Waals surface area contributed by atoms with E-state index in [9.17, 15) is 29.1 Å². The summed E-state index contributed by atoms with van der Waals surface area (Å²) in [6.45, 7) is 15.1. The molecule has 5 atom stereocenters. The van der Waals surface area contributed by atoms with Crippen LogP contribution in [0, 0.1) is 5.41 Å². The number of piperazine rings is 1. The Morgan fingerprint density at radius 2 is 1.55 bits per heavy atom. The van der Waals surface area contributed by atoms with Gasteiger partial charge in [0.2, 0.25) is 17.7 Å². The van der Waals surface area contributed by atoms with Crippen LogP contribution in [-0.2, 0) is 29.0 Å². The molecule has 3 aromatic heterocycles. The molecule has 0 radical (unpaired) electrons. The van der Waals surface area contributed by atoms with E-state index in [1.165, 1.54) is 11.3 Å². The van der Waals surface area contributed by atoms with Crippen LogP contribution in [-0.4, -0.2) is 153 Å². The van der Waals surface area contributed by atoms with Crippen molar-refractivity contribution < 1.29 is 33.8 Å². The maximum Gasteiger partial charge on any atom is 0.270 e. The fourth-order valence-corrected chi connectivity index (χ4v) is 12.9. The third-order valence-electron chi connectivity index (χ3n) is 16.3. The van der Waals surface area contributed by atoms with Crippen molar-refractivity contribution in [3.8, 4) is 5.88 Å². The lowest BCUT2D eigenvalue weighted by Crippen LogP contribution is -2.62. The molecule has 3 N–H and O–H groups in total. The predicted octanol–water partition coefficient (Wildman–Crippen LogP) is 4.61. The monoisotopic (exact) mass is 968 g/mol. The van der Waals surface area contributed by atoms with Crippen LogP contribution in [0.4, 0.5) is 28.6 Å². The standard InChI is InChI=1S/C53H65N11O7/c1-31-30-59(34-14-17-58(18-15-34)35-8-10-38-39(24-35)51(69)64(50(38)68)42-11-13-46(66)57-48(42)67)19-20-60(31)36-9-12-45(54-28-36)56-40-25-37(29-55-49(40)71-5)61-16-6-7-41(47(61)32(2)65)63-22-21-62-43(52(63)70)23-33-26-53(3,4)27-44(33)62/h8-10,12,23-25,28-29,31-32,34,41-42,47,65H,6-7,11,13-22,26-27,30H2,1-5H3,(H,54,56)(H,57,66,67)/t31-,32?,41+,42?,47-/m0/s1. The van der Waals surface area contributed by atoms with Gasteiger partial charge in [-0.2, -0.15) is 0 Å². The molecule has 4 fully saturated rings. The van der Waals surface area contributed by atoms with Crippen molar-refractivity contribution in [1.29, 1.82) is 0 Å². The number of imide groups is 2. The highest BCUT2D eigenvalue weighted by atomic mass is 16.5. The van der Waals surface area contributed by atoms with Gasteiger partial charge < -0.3 is 39.3 Å². The second kappa shape index (κ2) is 18.3. The van der Waals surface area contributed by atoms with Crippen LogP contribution in [0.15, 0.2) is 54.9 Å². The first-order valence-electron chi connectivity index (χ1n) is 25.5. The normalized spacial score (nSPS) is 25.3. The van der Waals surface area contributed by atoms with E-state index in [1.54, 1.807) is 25.4 Å². The second-order valence-electron chi connectivity index (χ2n) is 21.5. The number of methoxy groups -OCH3 is 1. The third-order valence-corrected chi connectivity index (χ3v) is 16.3. The van der Waals surface area contributed by atoms with Gasteiger partial charge in [0.1, 0.15) is 23.2 Å². The van der Waals surface area contributed by atoms with Crippen LogP contribution in [0.3, 0.4) is 0 Å². The first-order valence-corrected chi connectivity index (χ1v) is 25.5. The summed E-state index contributed by atoms with van der Waals surface area (Å²) in [5, 5.41) is 17.1. The minimum Gasteiger partial charge on any atom is -0.480 e. The van der Waals surface area contributed by atoms with Crippen molar-refractivity contribution >= 4 is 58.1 Å². The maximum absolute atomic E-state index is 14.2. The number of pyridine rings is 2. The van der Waals surface area contributed by atoms with Gasteiger partial charge in [0.15, 0.2) is 0 Å². The average Bonchev–Trinajstić information content (AvgIpc) is 3.95. The highest BCUT2D eigenvalue weighted by molar-refractivity contribution is 6.23. The summed E-state index contributed by atoms with van der Waals surface area (Å²) in [7, 11) is 1.60. The number of carbonyl (C=O) groups is 5. The number of rotatable bonds is 10. The fourth-order valence-electron chi connectivity index (χ4n) is 12.9. The quantitative estimate of drug-likeness (QED) is 0.187. The highest BCUT2D eigenvalue weighted by Gasteiger charge is 2.46. The lowest BCUT2D eigenvalue weighted by Gasteiger charge is -2.49. The summed E-state index contributed by atoms with van der Waals surface area (Å²) in [6, 6.07) is 12.8. The number of fused-ring (bicyclic) bond motifs is 4. The Hall–Kier alpha value is -6.53. The van der Waals surface area contributed by atoms with Gasteiger partial charge in [-0.1, -0.05) is 13.8 Å². The van der Waals surface area contributed by atoms with Gasteiger partial charge in [0.05, 0.1) is 60.2 Å². The lowest BCUT2D eigenvalue weighted by atomic mass is 9.89. The van der Waals surface area contributed by atoms with Gasteiger partial charge in [-0.25, -0.2) is 9.97 Å². The smallest absolute Gasteiger partial charge is 0.270 e. The van der Waals surface area contributed by atoms with E-state index >= 15 is 0 Å². The van der Waals surface area contributed by atoms with Crippen LogP contribution in [0.5, 0.6) is 5.88 Å². The van der Waals surface area contributed by atoms with Gasteiger partial charge in [-0.15, -0.1) is 0 Å². The van der Waals surface area contributed by atoms with E-state index in [0.717, 1.165) is 112 Å². The number of aliphatic hydroxyl groups excluding tert-OH is 1. The molecule has 1 aromatic carbocycles. The molecule has 1 aliphatic carbocycles. The molecule has 2 unspecified atom stereocenters. The number of hydrogen-bond donors (Lipinski definition) is 3. The van der Waals surface area contributed by atoms with Gasteiger partial charge in [0, 0.05) is 82.2 Å². The van der Waals surface area contributed by atoms with E-state index in [2.05, 4.69) is 67.7 Å². The molecular formula is C53H65N11O7. The van der Waals surface area contributed by atoms with Gasteiger partial charge in [-0.3, -0.25) is 39.1 Å². The Bertz CT molecular complexity index is 2780. The van der Waals surface area contributed by atoms with Crippen LogP contribution >= 0.6 is 0 Å². The number of aliphatic hydroxyl groups is 1. The number of carbonyl (C=O) groups excluding carboxylic acids is 5. The number of anilines is 5. The number of piperidine rings is 3. The number of ether oxygens (including phenoxy) is 1. The molecule has 4 aromatic rings. The number of nitrogens with one attached hydrogen (secondary N) is 2. The van der Waals surface area contributed by atoms with Crippen molar-refractivity contribution in [2.45, 2.75) is 122 Å². The lowest BCUT2D eigenvalue weighted by molar-refractivity contribution is -0.136. The van der Waals surface area contributed by atoms with Gasteiger partial charge in [-0.05, 0) is 112 Å². The van der Waals surface area contributed by atoms with Crippen molar-refractivity contribution in [2.24, 2.45) is 5.41 Å². The minimum absolute atomic E-state index is 0.0537. The molecule has 18 heteroatoms. The largest absolute Gasteiger partial charge is 0.480 e. The molecular weight excluding hydrogens is 903 g/mol. The molecule has 5 amide bonds. The molecule has 7 aliphatic rings. The summed E-state index contributed by atoms with van der Waals surface area (Å²) in [4.78, 5) is 87.3. The molecule has 0 spiro atoms. The molecule has 0 bridgehead atoms. The molecule has 18 nitrogen and oxygen atoms in total. The number of amides is 5. The first-order chi connectivity index (χ1) is 34.2. The summed E-state index contributed by atoms with van der Waals surface area (Å²) in [5.74, 6) is -0.854. The van der Waals surface area contributed by atoms with Crippen molar-refractivity contribution in [2.75, 3.05) is 72.9 Å². The number of nitrogens with zero attached hydrogens (tertiary/aromatic N) is 9. The van der Waals surface area contributed by atoms with E-state index in [0.29, 0.717) is 41.1 Å². The summed E-state index contributed by atoms with van der Waals surface area (Å²) in [5.41, 5.74) is 7.62. The Balaban J connectivity index is 0.705. The van der Waals surface area contributed by atoms with Crippen molar-refractivity contribution in [1.82, 2.24) is 34.6 Å². The van der Waals surface area contributed by atoms with Crippen LogP contribution in [0.2, 0.25) is 0 Å². The number of hydrogen-bond acceptors (Lipinski definition) is 14. The number of benzene rings is 1. The summed E-state index contributed by atoms with van der Waals surface area (Å²) in [6.07, 6.45) is 8.81. The highest BCUT2D eigenvalue weighted by Crippen LogP contribution is 2.41. The number of aromatic nitrogens is 3. The first kappa shape index (κ1) is 46.8. The summed E-state index contributed by atoms with van der Waals surface area (Å²) < 4.78 is 7.98. The van der Waals surface area contributed by atoms with Gasteiger partial charge in [0.25, 0.3) is 17.7 Å². The Morgan fingerprint density at radius 3 is 2.28 bits per heavy atom. The zero-order valence-electron chi connectivity index (χ0n) is 41.4. The van der Waals surface area contributed by atoms with Crippen molar-refractivity contribution in [3.05, 3.63) is 82.9 Å². The Labute approximate surface area is 414 Å². The van der Waals surface area contributed by atoms with E-state index in [1.807, 2.05) is 36.2 Å². The fraction of sp³-hybridized carbons (Fsp3) is 0.528. The van der Waals surface area contributed by atoms with Crippen LogP contribution in [0.1, 0.15) is 109 Å². The minimum atomic E-state index is -0.984. The van der Waals surface area contributed by atoms with E-state index in [-0.39, 0.29) is 42.3 Å². The summed E-state index contributed by atoms with van der Waals surface area (Å²) >= 11 is 0. The predicted molar refractivity (Wildman–Crippen MR) is 268 cm³/mol. The molecule has 9 heterocycles. The molecule has 374 valence electrons. The molecule has 6 aliphatic heterocycles. The van der Waals surface area contributed by atoms with Crippen LogP contribution < -0.4 is 30.1 Å². The maximum atomic E-state index is 14.2. The van der Waals surface area contributed by atoms with Crippen LogP contribution in [0.25, 0.3) is 0 Å².